The van der Waals surface area contributed by atoms with Crippen LogP contribution in [-0.4, -0.2) is 79.0 Å². The second-order valence-corrected chi connectivity index (χ2v) is 14.5. The number of rotatable bonds is 4. The first-order valence-electron chi connectivity index (χ1n) is 20.6. The minimum absolute atomic E-state index is 0.0303. The summed E-state index contributed by atoms with van der Waals surface area (Å²) >= 11 is 0. The summed E-state index contributed by atoms with van der Waals surface area (Å²) < 4.78 is 23.8. The first-order chi connectivity index (χ1) is 28.4. The van der Waals surface area contributed by atoms with Crippen molar-refractivity contribution in [2.45, 2.75) is 39.8 Å². The Kier molecular flexibility index (Phi) is 19.3. The number of allylic oxidation sites excluding steroid dienone is 4. The molecular weight excluding hydrogens is 721 g/mol. The lowest BCUT2D eigenvalue weighted by Gasteiger charge is -2.14. The van der Waals surface area contributed by atoms with E-state index in [2.05, 4.69) is 170 Å². The third-order valence-corrected chi connectivity index (χ3v) is 9.67. The standard InChI is InChI=1S/C50H62N4O4/c1-39-11-19-43(20-12-39)47-7-5-8-48(44-21-13-40(2)14-22-44)52-28-32-57-37-38-58-34-30-54-50(46-25-17-42(4)18-26-46)10-6-9-49(45-23-15-41(3)16-24-45)53-29-33-56-36-35-55-31-27-51-47/h7-26,47,50-54H,27-38H2,1-4H3/q+2/b48-8+,49-9+. The average Bonchev–Trinajstić information content (AvgIpc) is 3.23. The van der Waals surface area contributed by atoms with Crippen molar-refractivity contribution in [3.8, 4) is 0 Å². The Morgan fingerprint density at radius 2 is 0.707 bits per heavy atom. The van der Waals surface area contributed by atoms with Gasteiger partial charge in [-0.25, -0.2) is 0 Å². The minimum atomic E-state index is -0.0303. The van der Waals surface area contributed by atoms with Gasteiger partial charge >= 0.3 is 0 Å². The van der Waals surface area contributed by atoms with E-state index in [1.54, 1.807) is 0 Å². The number of hydrogen-bond donors (Lipinski definition) is 4. The molecule has 0 aromatic heterocycles. The molecule has 0 bridgehead atoms. The van der Waals surface area contributed by atoms with Crippen molar-refractivity contribution in [2.24, 2.45) is 0 Å². The van der Waals surface area contributed by atoms with Gasteiger partial charge < -0.3 is 40.2 Å². The van der Waals surface area contributed by atoms with Crippen LogP contribution >= 0.6 is 0 Å². The number of hydrogen-bond acceptors (Lipinski definition) is 8. The van der Waals surface area contributed by atoms with E-state index in [1.807, 2.05) is 12.2 Å². The van der Waals surface area contributed by atoms with Crippen LogP contribution in [0.15, 0.2) is 121 Å². The van der Waals surface area contributed by atoms with Crippen LogP contribution in [-0.2, 0) is 18.9 Å². The van der Waals surface area contributed by atoms with E-state index in [4.69, 9.17) is 18.9 Å². The van der Waals surface area contributed by atoms with E-state index < -0.39 is 0 Å². The maximum Gasteiger partial charge on any atom is 0.185 e. The zero-order valence-corrected chi connectivity index (χ0v) is 34.8. The molecule has 8 nitrogen and oxygen atoms in total. The molecule has 0 radical (unpaired) electrons. The molecule has 0 amide bonds. The van der Waals surface area contributed by atoms with Crippen LogP contribution in [0.1, 0.15) is 56.6 Å². The molecule has 4 N–H and O–H groups in total. The largest absolute Gasteiger partial charge is 0.378 e. The molecule has 4 aromatic carbocycles. The van der Waals surface area contributed by atoms with Gasteiger partial charge in [-0.2, -0.15) is 0 Å². The summed E-state index contributed by atoms with van der Waals surface area (Å²) in [4.78, 5) is 0. The lowest BCUT2D eigenvalue weighted by Crippen LogP contribution is -2.25. The fraction of sp³-hybridized carbons (Fsp3) is 0.360. The highest BCUT2D eigenvalue weighted by Gasteiger charge is 2.15. The number of benzene rings is 4. The topological polar surface area (TPSA) is 85.0 Å². The zero-order valence-electron chi connectivity index (χ0n) is 34.8. The Bertz CT molecular complexity index is 1730. The monoisotopic (exact) mass is 782 g/mol. The fourth-order valence-corrected chi connectivity index (χ4v) is 6.22. The van der Waals surface area contributed by atoms with E-state index in [-0.39, 0.29) is 12.1 Å². The third-order valence-electron chi connectivity index (χ3n) is 9.67. The molecule has 0 saturated carbocycles. The predicted octanol–water partition coefficient (Wildman–Crippen LogP) is 7.94. The van der Waals surface area contributed by atoms with Gasteiger partial charge in [0.05, 0.1) is 113 Å². The van der Waals surface area contributed by atoms with Gasteiger partial charge in [-0.1, -0.05) is 95.1 Å². The van der Waals surface area contributed by atoms with E-state index >= 15 is 0 Å². The van der Waals surface area contributed by atoms with Gasteiger partial charge in [0.15, 0.2) is 23.5 Å². The summed E-state index contributed by atoms with van der Waals surface area (Å²) in [5, 5.41) is 14.4. The molecule has 4 aromatic rings. The molecule has 8 heteroatoms. The van der Waals surface area contributed by atoms with Crippen molar-refractivity contribution in [3.63, 3.8) is 0 Å². The van der Waals surface area contributed by atoms with Crippen molar-refractivity contribution in [3.05, 3.63) is 178 Å². The molecule has 1 aliphatic heterocycles. The van der Waals surface area contributed by atoms with Crippen molar-refractivity contribution >= 4 is 11.4 Å². The van der Waals surface area contributed by atoms with Gasteiger partial charge in [0.25, 0.3) is 0 Å². The second-order valence-electron chi connectivity index (χ2n) is 14.5. The van der Waals surface area contributed by atoms with Gasteiger partial charge in [0.1, 0.15) is 0 Å². The van der Waals surface area contributed by atoms with Crippen molar-refractivity contribution in [1.29, 1.82) is 0 Å². The molecule has 304 valence electrons. The maximum atomic E-state index is 5.96. The zero-order chi connectivity index (χ0) is 40.6. The highest BCUT2D eigenvalue weighted by molar-refractivity contribution is 5.66. The lowest BCUT2D eigenvalue weighted by molar-refractivity contribution is 0.0504. The summed E-state index contributed by atoms with van der Waals surface area (Å²) in [6, 6.07) is 34.2. The predicted molar refractivity (Wildman–Crippen MR) is 237 cm³/mol. The molecule has 0 aliphatic carbocycles. The second kappa shape index (κ2) is 25.4. The highest BCUT2D eigenvalue weighted by atomic mass is 16.5. The lowest BCUT2D eigenvalue weighted by atomic mass is 10.0. The molecule has 1 heterocycles. The van der Waals surface area contributed by atoms with Crippen LogP contribution in [0, 0.1) is 39.8 Å². The van der Waals surface area contributed by atoms with E-state index in [1.165, 1.54) is 33.4 Å². The molecule has 1 aliphatic rings. The highest BCUT2D eigenvalue weighted by Crippen LogP contribution is 2.19. The number of nitrogens with one attached hydrogen (secondary N) is 4. The van der Waals surface area contributed by atoms with Gasteiger partial charge in [-0.3, -0.25) is 0 Å². The quantitative estimate of drug-likeness (QED) is 0.156. The van der Waals surface area contributed by atoms with Crippen LogP contribution in [0.25, 0.3) is 11.4 Å². The first kappa shape index (κ1) is 44.1. The molecule has 2 unspecified atom stereocenters. The maximum absolute atomic E-state index is 5.96. The summed E-state index contributed by atoms with van der Waals surface area (Å²) in [7, 11) is 0. The molecule has 58 heavy (non-hydrogen) atoms. The van der Waals surface area contributed by atoms with Crippen LogP contribution < -0.4 is 21.3 Å². The van der Waals surface area contributed by atoms with Gasteiger partial charge in [-0.05, 0) is 63.1 Å². The van der Waals surface area contributed by atoms with Crippen molar-refractivity contribution in [2.75, 3.05) is 79.0 Å². The number of ether oxygens (including phenoxy) is 4. The van der Waals surface area contributed by atoms with Crippen molar-refractivity contribution in [1.82, 2.24) is 21.3 Å². The van der Waals surface area contributed by atoms with E-state index in [0.29, 0.717) is 79.0 Å². The Morgan fingerprint density at radius 1 is 0.397 bits per heavy atom. The Morgan fingerprint density at radius 3 is 1.05 bits per heavy atom. The molecule has 5 rings (SSSR count). The summed E-state index contributed by atoms with van der Waals surface area (Å²) in [6.45, 7) is 15.4. The molecular formula is C50H62N4O4+2. The number of aryl methyl sites for hydroxylation is 4. The van der Waals surface area contributed by atoms with Crippen LogP contribution in [0.5, 0.6) is 0 Å². The summed E-state index contributed by atoms with van der Waals surface area (Å²) in [6.07, 6.45) is 15.1. The molecule has 2 atom stereocenters. The van der Waals surface area contributed by atoms with Gasteiger partial charge in [0, 0.05) is 13.1 Å². The van der Waals surface area contributed by atoms with E-state index in [0.717, 1.165) is 22.5 Å². The van der Waals surface area contributed by atoms with Crippen LogP contribution in [0.4, 0.5) is 0 Å². The molecule has 0 saturated heterocycles. The Balaban J connectivity index is 1.25. The summed E-state index contributed by atoms with van der Waals surface area (Å²) in [5.41, 5.74) is 11.4. The molecule has 0 fully saturated rings. The SMILES string of the molecule is Cc1ccc(/C2=C\[C+]=CC(c3ccc(C)cc3)NCCOCCOCCN/C(c3ccc(C)cc3)=C/[C+]=CC(c3ccc(C)cc3)NCCOCCOCCN2)cc1. The molecule has 0 spiro atoms. The Hall–Kier alpha value is -4.98. The van der Waals surface area contributed by atoms with Gasteiger partial charge in [-0.15, -0.1) is 0 Å². The normalized spacial score (nSPS) is 21.0. The smallest absolute Gasteiger partial charge is 0.185 e. The summed E-state index contributed by atoms with van der Waals surface area (Å²) in [5.74, 6) is 0. The van der Waals surface area contributed by atoms with Gasteiger partial charge in [0.2, 0.25) is 0 Å². The van der Waals surface area contributed by atoms with Crippen LogP contribution in [0.3, 0.4) is 0 Å². The fourth-order valence-electron chi connectivity index (χ4n) is 6.22. The first-order valence-corrected chi connectivity index (χ1v) is 20.6. The third kappa shape index (κ3) is 16.1. The Labute approximate surface area is 347 Å². The minimum Gasteiger partial charge on any atom is -0.378 e. The van der Waals surface area contributed by atoms with Crippen LogP contribution in [0.2, 0.25) is 0 Å². The van der Waals surface area contributed by atoms with E-state index in [9.17, 15) is 0 Å². The average molecular weight is 783 g/mol. The van der Waals surface area contributed by atoms with Crippen molar-refractivity contribution < 1.29 is 18.9 Å².